The molecular weight excluding hydrogens is 272 g/mol. The summed E-state index contributed by atoms with van der Waals surface area (Å²) in [5.74, 6) is 0.145. The minimum Gasteiger partial charge on any atom is -0.356 e. The number of benzene rings is 2. The van der Waals surface area contributed by atoms with Crippen molar-refractivity contribution in [2.24, 2.45) is 0 Å². The maximum Gasteiger partial charge on any atom is 0.232 e. The van der Waals surface area contributed by atoms with Gasteiger partial charge in [0.25, 0.3) is 0 Å². The van der Waals surface area contributed by atoms with Crippen molar-refractivity contribution in [2.45, 2.75) is 6.42 Å². The smallest absolute Gasteiger partial charge is 0.232 e. The highest BCUT2D eigenvalue weighted by Crippen LogP contribution is 2.29. The highest BCUT2D eigenvalue weighted by molar-refractivity contribution is 6.30. The summed E-state index contributed by atoms with van der Waals surface area (Å²) in [6.07, 6.45) is 0.491. The Hall–Kier alpha value is -2.00. The van der Waals surface area contributed by atoms with E-state index < -0.39 is 0 Å². The fourth-order valence-electron chi connectivity index (χ4n) is 2.46. The first-order chi connectivity index (χ1) is 9.65. The molecule has 1 aliphatic heterocycles. The molecule has 1 aliphatic rings. The Morgan fingerprint density at radius 1 is 1.15 bits per heavy atom. The lowest BCUT2D eigenvalue weighted by Crippen LogP contribution is -2.37. The van der Waals surface area contributed by atoms with Crippen molar-refractivity contribution < 1.29 is 4.79 Å². The highest BCUT2D eigenvalue weighted by Gasteiger charge is 2.27. The molecule has 2 aromatic carbocycles. The number of halogens is 1. The van der Waals surface area contributed by atoms with Gasteiger partial charge < -0.3 is 4.90 Å². The van der Waals surface area contributed by atoms with E-state index in [9.17, 15) is 4.79 Å². The molecule has 0 saturated heterocycles. The molecule has 102 valence electrons. The van der Waals surface area contributed by atoms with Gasteiger partial charge in [-0.25, -0.2) is 0 Å². The van der Waals surface area contributed by atoms with Crippen molar-refractivity contribution in [3.63, 3.8) is 0 Å². The molecule has 1 amide bonds. The van der Waals surface area contributed by atoms with Crippen molar-refractivity contribution in [3.8, 4) is 0 Å². The largest absolute Gasteiger partial charge is 0.356 e. The zero-order valence-corrected chi connectivity index (χ0v) is 12.0. The van der Waals surface area contributed by atoms with E-state index in [1.165, 1.54) is 0 Å². The summed E-state index contributed by atoms with van der Waals surface area (Å²) in [6, 6.07) is 15.6. The molecule has 0 fully saturated rings. The van der Waals surface area contributed by atoms with Gasteiger partial charge in [-0.1, -0.05) is 29.8 Å². The first-order valence-corrected chi connectivity index (χ1v) is 6.88. The average Bonchev–Trinajstić information content (AvgIpc) is 2.76. The van der Waals surface area contributed by atoms with Gasteiger partial charge >= 0.3 is 0 Å². The van der Waals surface area contributed by atoms with Crippen LogP contribution in [-0.4, -0.2) is 19.6 Å². The van der Waals surface area contributed by atoms with Gasteiger partial charge in [-0.05, 0) is 35.9 Å². The molecule has 0 atom stereocenters. The molecule has 1 heterocycles. The third-order valence-electron chi connectivity index (χ3n) is 3.55. The van der Waals surface area contributed by atoms with Crippen molar-refractivity contribution in [3.05, 3.63) is 59.1 Å². The maximum atomic E-state index is 12.1. The van der Waals surface area contributed by atoms with E-state index in [-0.39, 0.29) is 5.91 Å². The zero-order valence-electron chi connectivity index (χ0n) is 11.2. The molecule has 4 heteroatoms. The molecule has 0 N–H and O–H groups in total. The summed E-state index contributed by atoms with van der Waals surface area (Å²) in [4.78, 5) is 16.0. The van der Waals surface area contributed by atoms with Crippen LogP contribution in [0.4, 0.5) is 11.4 Å². The lowest BCUT2D eigenvalue weighted by atomic mass is 10.2. The van der Waals surface area contributed by atoms with Crippen LogP contribution in [0.2, 0.25) is 5.02 Å². The van der Waals surface area contributed by atoms with Crippen LogP contribution < -0.4 is 9.80 Å². The van der Waals surface area contributed by atoms with Crippen LogP contribution in [0.3, 0.4) is 0 Å². The normalized spacial score (nSPS) is 13.5. The molecule has 0 unspecified atom stereocenters. The lowest BCUT2D eigenvalue weighted by molar-refractivity contribution is -0.117. The summed E-state index contributed by atoms with van der Waals surface area (Å²) in [6.45, 7) is 0.539. The fraction of sp³-hybridized carbons (Fsp3) is 0.188. The molecular formula is C16H15ClN2O. The Labute approximate surface area is 123 Å². The lowest BCUT2D eigenvalue weighted by Gasteiger charge is -2.26. The van der Waals surface area contributed by atoms with Crippen molar-refractivity contribution in [2.75, 3.05) is 23.5 Å². The second-order valence-corrected chi connectivity index (χ2v) is 5.38. The minimum absolute atomic E-state index is 0.145. The van der Waals surface area contributed by atoms with Crippen LogP contribution in [0.5, 0.6) is 0 Å². The zero-order chi connectivity index (χ0) is 14.1. The number of carbonyl (C=O) groups is 1. The van der Waals surface area contributed by atoms with E-state index in [4.69, 9.17) is 11.6 Å². The highest BCUT2D eigenvalue weighted by atomic mass is 35.5. The molecule has 0 bridgehead atoms. The van der Waals surface area contributed by atoms with Gasteiger partial charge in [0.05, 0.1) is 13.1 Å². The SMILES string of the molecule is CN(CN1C(=O)Cc2ccccc21)c1ccc(Cl)cc1. The van der Waals surface area contributed by atoms with E-state index >= 15 is 0 Å². The second kappa shape index (κ2) is 5.17. The molecule has 3 rings (SSSR count). The van der Waals surface area contributed by atoms with Crippen molar-refractivity contribution >= 4 is 28.9 Å². The Morgan fingerprint density at radius 3 is 2.60 bits per heavy atom. The first kappa shape index (κ1) is 13.0. The van der Waals surface area contributed by atoms with Gasteiger partial charge in [-0.3, -0.25) is 9.69 Å². The minimum atomic E-state index is 0.145. The molecule has 0 aromatic heterocycles. The Bertz CT molecular complexity index is 639. The fourth-order valence-corrected chi connectivity index (χ4v) is 2.59. The number of rotatable bonds is 3. The van der Waals surface area contributed by atoms with E-state index in [1.807, 2.05) is 65.4 Å². The summed E-state index contributed by atoms with van der Waals surface area (Å²) >= 11 is 5.89. The predicted molar refractivity (Wildman–Crippen MR) is 82.4 cm³/mol. The number of hydrogen-bond acceptors (Lipinski definition) is 2. The van der Waals surface area contributed by atoms with E-state index in [0.29, 0.717) is 18.1 Å². The summed E-state index contributed by atoms with van der Waals surface area (Å²) < 4.78 is 0. The number of nitrogens with zero attached hydrogens (tertiary/aromatic N) is 2. The average molecular weight is 287 g/mol. The standard InChI is InChI=1S/C16H15ClN2O/c1-18(14-8-6-13(17)7-9-14)11-19-15-5-3-2-4-12(15)10-16(19)20/h2-9H,10-11H2,1H3. The Kier molecular flexibility index (Phi) is 3.36. The number of fused-ring (bicyclic) bond motifs is 1. The molecule has 0 spiro atoms. The summed E-state index contributed by atoms with van der Waals surface area (Å²) in [7, 11) is 1.97. The van der Waals surface area contributed by atoms with Gasteiger partial charge in [-0.15, -0.1) is 0 Å². The van der Waals surface area contributed by atoms with E-state index in [1.54, 1.807) is 0 Å². The van der Waals surface area contributed by atoms with Crippen molar-refractivity contribution in [1.29, 1.82) is 0 Å². The second-order valence-electron chi connectivity index (χ2n) is 4.94. The van der Waals surface area contributed by atoms with E-state index in [2.05, 4.69) is 0 Å². The Balaban J connectivity index is 1.81. The van der Waals surface area contributed by atoms with Crippen LogP contribution in [-0.2, 0) is 11.2 Å². The molecule has 0 radical (unpaired) electrons. The quantitative estimate of drug-likeness (QED) is 0.864. The molecule has 3 nitrogen and oxygen atoms in total. The summed E-state index contributed by atoms with van der Waals surface area (Å²) in [5, 5.41) is 0.713. The van der Waals surface area contributed by atoms with Gasteiger partial charge in [-0.2, -0.15) is 0 Å². The topological polar surface area (TPSA) is 23.6 Å². The summed E-state index contributed by atoms with van der Waals surface area (Å²) in [5.41, 5.74) is 3.15. The van der Waals surface area contributed by atoms with Gasteiger partial charge in [0.1, 0.15) is 0 Å². The first-order valence-electron chi connectivity index (χ1n) is 6.50. The van der Waals surface area contributed by atoms with Crippen LogP contribution in [0, 0.1) is 0 Å². The molecule has 0 aliphatic carbocycles. The van der Waals surface area contributed by atoms with E-state index in [0.717, 1.165) is 16.9 Å². The number of para-hydroxylation sites is 1. The molecule has 2 aromatic rings. The monoisotopic (exact) mass is 286 g/mol. The Morgan fingerprint density at radius 2 is 1.85 bits per heavy atom. The van der Waals surface area contributed by atoms with Crippen LogP contribution in [0.1, 0.15) is 5.56 Å². The van der Waals surface area contributed by atoms with Gasteiger partial charge in [0, 0.05) is 23.4 Å². The number of carbonyl (C=O) groups excluding carboxylic acids is 1. The van der Waals surface area contributed by atoms with Crippen LogP contribution in [0.25, 0.3) is 0 Å². The van der Waals surface area contributed by atoms with Gasteiger partial charge in [0.2, 0.25) is 5.91 Å². The third kappa shape index (κ3) is 2.37. The number of amides is 1. The van der Waals surface area contributed by atoms with Crippen molar-refractivity contribution in [1.82, 2.24) is 0 Å². The molecule has 0 saturated carbocycles. The predicted octanol–water partition coefficient (Wildman–Crippen LogP) is 3.32. The van der Waals surface area contributed by atoms with Crippen LogP contribution in [0.15, 0.2) is 48.5 Å². The van der Waals surface area contributed by atoms with Crippen LogP contribution >= 0.6 is 11.6 Å². The molecule has 20 heavy (non-hydrogen) atoms. The number of hydrogen-bond donors (Lipinski definition) is 0. The van der Waals surface area contributed by atoms with Gasteiger partial charge in [0.15, 0.2) is 0 Å². The maximum absolute atomic E-state index is 12.1. The number of anilines is 2. The third-order valence-corrected chi connectivity index (χ3v) is 3.80.